The number of nitrogens with zero attached hydrogens (tertiary/aromatic N) is 1. The number of urea groups is 1. The molecule has 3 amide bonds. The van der Waals surface area contributed by atoms with Crippen LogP contribution in [0.15, 0.2) is 34.7 Å². The maximum Gasteiger partial charge on any atom is 0.356 e. The van der Waals surface area contributed by atoms with E-state index in [0.717, 1.165) is 0 Å². The van der Waals surface area contributed by atoms with E-state index >= 15 is 0 Å². The number of para-hydroxylation sites is 1. The van der Waals surface area contributed by atoms with Gasteiger partial charge in [-0.3, -0.25) is 4.79 Å². The summed E-state index contributed by atoms with van der Waals surface area (Å²) >= 11 is 0. The maximum absolute atomic E-state index is 11.3. The highest BCUT2D eigenvalue weighted by Gasteiger charge is 2.04. The van der Waals surface area contributed by atoms with E-state index in [2.05, 4.69) is 9.68 Å². The van der Waals surface area contributed by atoms with Gasteiger partial charge in [0.15, 0.2) is 0 Å². The van der Waals surface area contributed by atoms with Crippen molar-refractivity contribution in [3.63, 3.8) is 0 Å². The van der Waals surface area contributed by atoms with Crippen LogP contribution in [-0.2, 0) is 15.3 Å². The molecule has 0 aromatic heterocycles. The Morgan fingerprint density at radius 2 is 1.82 bits per heavy atom. The molecule has 0 fully saturated rings. The number of anilines is 1. The Labute approximate surface area is 98.5 Å². The highest BCUT2D eigenvalue weighted by atomic mass is 32.2. The van der Waals surface area contributed by atoms with Crippen molar-refractivity contribution in [1.82, 2.24) is 5.32 Å². The van der Waals surface area contributed by atoms with Gasteiger partial charge in [0.25, 0.3) is 0 Å². The Morgan fingerprint density at radius 3 is 2.41 bits per heavy atom. The van der Waals surface area contributed by atoms with Crippen LogP contribution in [0.1, 0.15) is 0 Å². The van der Waals surface area contributed by atoms with E-state index in [1.54, 1.807) is 30.3 Å². The number of benzene rings is 1. The molecule has 0 bridgehead atoms. The smallest absolute Gasteiger partial charge is 0.326 e. The molecule has 0 atom stereocenters. The zero-order valence-corrected chi connectivity index (χ0v) is 9.40. The quantitative estimate of drug-likeness (QED) is 0.815. The summed E-state index contributed by atoms with van der Waals surface area (Å²) in [7, 11) is -2.82. The molecule has 8 heteroatoms. The zero-order chi connectivity index (χ0) is 12.7. The zero-order valence-electron chi connectivity index (χ0n) is 8.58. The minimum absolute atomic E-state index is 0.353. The van der Waals surface area contributed by atoms with Crippen LogP contribution in [0, 0.1) is 0 Å². The van der Waals surface area contributed by atoms with E-state index in [4.69, 9.17) is 0 Å². The van der Waals surface area contributed by atoms with Crippen LogP contribution in [0.2, 0.25) is 0 Å². The van der Waals surface area contributed by atoms with E-state index in [0.29, 0.717) is 5.69 Å². The Balaban J connectivity index is 2.41. The Bertz CT molecular complexity index is 531. The predicted octanol–water partition coefficient (Wildman–Crippen LogP) is 0.397. The van der Waals surface area contributed by atoms with Crippen molar-refractivity contribution < 1.29 is 18.0 Å². The summed E-state index contributed by atoms with van der Waals surface area (Å²) in [5.74, 6) is -0.476. The fraction of sp³-hybridized carbons (Fsp3) is 0.111. The molecule has 0 aliphatic heterocycles. The summed E-state index contributed by atoms with van der Waals surface area (Å²) in [6.45, 7) is -0.353. The van der Waals surface area contributed by atoms with Crippen molar-refractivity contribution in [2.24, 2.45) is 4.36 Å². The summed E-state index contributed by atoms with van der Waals surface area (Å²) in [6, 6.07) is 7.54. The molecule has 0 heterocycles. The minimum atomic E-state index is -2.82. The highest BCUT2D eigenvalue weighted by Crippen LogP contribution is 2.03. The largest absolute Gasteiger partial charge is 0.356 e. The maximum atomic E-state index is 11.3. The lowest BCUT2D eigenvalue weighted by Gasteiger charge is -2.04. The van der Waals surface area contributed by atoms with Gasteiger partial charge in [-0.1, -0.05) is 22.6 Å². The van der Waals surface area contributed by atoms with Crippen molar-refractivity contribution >= 4 is 28.1 Å². The number of nitrogens with one attached hydrogen (secondary N) is 2. The lowest BCUT2D eigenvalue weighted by atomic mass is 10.3. The number of amides is 3. The number of carbonyl (C=O) groups excluding carboxylic acids is 2. The molecule has 0 aliphatic carbocycles. The summed E-state index contributed by atoms with van der Waals surface area (Å²) in [5.41, 5.74) is 0.580. The summed E-state index contributed by atoms with van der Waals surface area (Å²) in [4.78, 5) is 22.0. The first-order chi connectivity index (χ1) is 8.08. The SMILES string of the molecule is O=C(CNC(=O)N=S(=O)=O)Nc1ccccc1. The van der Waals surface area contributed by atoms with Gasteiger partial charge in [0, 0.05) is 5.69 Å². The molecule has 0 aliphatic rings. The van der Waals surface area contributed by atoms with E-state index < -0.39 is 22.4 Å². The number of hydrogen-bond donors (Lipinski definition) is 2. The Kier molecular flexibility index (Phi) is 4.82. The lowest BCUT2D eigenvalue weighted by molar-refractivity contribution is -0.115. The van der Waals surface area contributed by atoms with Gasteiger partial charge in [0.1, 0.15) is 0 Å². The average molecular weight is 255 g/mol. The number of rotatable bonds is 3. The molecular formula is C9H9N3O4S. The molecule has 0 unspecified atom stereocenters. The van der Waals surface area contributed by atoms with Gasteiger partial charge < -0.3 is 10.6 Å². The third-order valence-corrected chi connectivity index (χ3v) is 1.93. The van der Waals surface area contributed by atoms with Crippen LogP contribution < -0.4 is 10.6 Å². The lowest BCUT2D eigenvalue weighted by Crippen LogP contribution is -2.30. The molecule has 90 valence electrons. The van der Waals surface area contributed by atoms with Gasteiger partial charge >= 0.3 is 16.5 Å². The summed E-state index contributed by atoms with van der Waals surface area (Å²) in [6.07, 6.45) is 0. The summed E-state index contributed by atoms with van der Waals surface area (Å²) in [5, 5.41) is 4.52. The van der Waals surface area contributed by atoms with Gasteiger partial charge in [-0.25, -0.2) is 4.79 Å². The van der Waals surface area contributed by atoms with Gasteiger partial charge in [-0.2, -0.15) is 8.42 Å². The monoisotopic (exact) mass is 255 g/mol. The molecule has 0 radical (unpaired) electrons. The van der Waals surface area contributed by atoms with Crippen molar-refractivity contribution in [2.45, 2.75) is 0 Å². The van der Waals surface area contributed by atoms with Crippen LogP contribution in [0.25, 0.3) is 0 Å². The van der Waals surface area contributed by atoms with Crippen molar-refractivity contribution in [2.75, 3.05) is 11.9 Å². The molecule has 0 saturated carbocycles. The third-order valence-electron chi connectivity index (χ3n) is 1.62. The predicted molar refractivity (Wildman–Crippen MR) is 59.8 cm³/mol. The fourth-order valence-corrected chi connectivity index (χ4v) is 1.18. The summed E-state index contributed by atoms with van der Waals surface area (Å²) < 4.78 is 22.7. The van der Waals surface area contributed by atoms with Gasteiger partial charge in [0.2, 0.25) is 5.91 Å². The van der Waals surface area contributed by atoms with Gasteiger partial charge in [-0.05, 0) is 12.1 Å². The van der Waals surface area contributed by atoms with E-state index in [9.17, 15) is 18.0 Å². The second kappa shape index (κ2) is 6.38. The molecular weight excluding hydrogens is 246 g/mol. The van der Waals surface area contributed by atoms with E-state index in [1.807, 2.05) is 5.32 Å². The first kappa shape index (κ1) is 12.8. The van der Waals surface area contributed by atoms with E-state index in [-0.39, 0.29) is 6.54 Å². The van der Waals surface area contributed by atoms with Gasteiger partial charge in [-0.15, -0.1) is 0 Å². The minimum Gasteiger partial charge on any atom is -0.326 e. The van der Waals surface area contributed by atoms with Crippen molar-refractivity contribution in [1.29, 1.82) is 0 Å². The average Bonchev–Trinajstić information content (AvgIpc) is 2.27. The second-order valence-corrected chi connectivity index (χ2v) is 3.50. The Hall–Kier alpha value is -2.22. The van der Waals surface area contributed by atoms with Crippen LogP contribution in [-0.4, -0.2) is 26.9 Å². The molecule has 17 heavy (non-hydrogen) atoms. The van der Waals surface area contributed by atoms with Crippen LogP contribution in [0.3, 0.4) is 0 Å². The molecule has 1 aromatic rings. The molecule has 0 saturated heterocycles. The molecule has 2 N–H and O–H groups in total. The standard InChI is InChI=1S/C9H9N3O4S/c13-8(6-10-9(14)12-17(15)16)11-7-4-2-1-3-5-7/h1-5H,6H2,(H,10,14)(H,11,13). The van der Waals surface area contributed by atoms with Gasteiger partial charge in [0.05, 0.1) is 6.54 Å². The number of carbonyl (C=O) groups is 2. The molecule has 1 aromatic carbocycles. The first-order valence-electron chi connectivity index (χ1n) is 4.52. The third kappa shape index (κ3) is 5.42. The second-order valence-electron chi connectivity index (χ2n) is 2.88. The van der Waals surface area contributed by atoms with Crippen LogP contribution >= 0.6 is 0 Å². The molecule has 7 nitrogen and oxygen atoms in total. The normalized spacial score (nSPS) is 9.18. The Morgan fingerprint density at radius 1 is 1.18 bits per heavy atom. The highest BCUT2D eigenvalue weighted by molar-refractivity contribution is 7.62. The topological polar surface area (TPSA) is 105 Å². The fourth-order valence-electron chi connectivity index (χ4n) is 0.983. The first-order valence-corrected chi connectivity index (χ1v) is 5.55. The van der Waals surface area contributed by atoms with Crippen LogP contribution in [0.4, 0.5) is 10.5 Å². The number of hydrogen-bond acceptors (Lipinski definition) is 4. The van der Waals surface area contributed by atoms with Crippen molar-refractivity contribution in [3.05, 3.63) is 30.3 Å². The van der Waals surface area contributed by atoms with E-state index in [1.165, 1.54) is 0 Å². The van der Waals surface area contributed by atoms with Crippen molar-refractivity contribution in [3.8, 4) is 0 Å². The molecule has 0 spiro atoms. The van der Waals surface area contributed by atoms with Crippen LogP contribution in [0.5, 0.6) is 0 Å². The molecule has 1 rings (SSSR count).